The van der Waals surface area contributed by atoms with Gasteiger partial charge in [0, 0.05) is 48.8 Å². The Morgan fingerprint density at radius 2 is 1.86 bits per heavy atom. The fourth-order valence-electron chi connectivity index (χ4n) is 5.19. The van der Waals surface area contributed by atoms with Gasteiger partial charge in [0.15, 0.2) is 0 Å². The fraction of sp³-hybridized carbons (Fsp3) is 0.357. The number of piperidine rings is 2. The molecule has 182 valence electrons. The number of carbonyl (C=O) groups is 1. The highest BCUT2D eigenvalue weighted by molar-refractivity contribution is 5.98. The molecule has 7 heteroatoms. The summed E-state index contributed by atoms with van der Waals surface area (Å²) in [5, 5.41) is 0. The van der Waals surface area contributed by atoms with E-state index in [2.05, 4.69) is 26.9 Å². The lowest BCUT2D eigenvalue weighted by Gasteiger charge is -2.41. The quantitative estimate of drug-likeness (QED) is 0.440. The molecular formula is C28H33N5O2. The van der Waals surface area contributed by atoms with Crippen molar-refractivity contribution in [3.05, 3.63) is 71.8 Å². The van der Waals surface area contributed by atoms with Gasteiger partial charge in [-0.15, -0.1) is 0 Å². The number of aryl methyl sites for hydroxylation is 1. The van der Waals surface area contributed by atoms with Gasteiger partial charge >= 0.3 is 0 Å². The van der Waals surface area contributed by atoms with Crippen LogP contribution in [0.1, 0.15) is 36.9 Å². The molecule has 7 nitrogen and oxygen atoms in total. The standard InChI is InChI=1S/C28H33N5O2/c1-20-18-32(19-30-20)26-10-5-21(17-27(26)35-2)16-22-4-3-13-33(28(22)34)25-11-14-31(15-12-25)24-8-6-23(29)7-9-24/h5-10,16-19,25H,3-4,11-15,29H2,1-2H3/b22-16+. The average Bonchev–Trinajstić information content (AvgIpc) is 3.32. The third-order valence-corrected chi connectivity index (χ3v) is 7.08. The number of nitrogens with two attached hydrogens (primary N) is 1. The lowest BCUT2D eigenvalue weighted by atomic mass is 9.95. The second-order valence-corrected chi connectivity index (χ2v) is 9.44. The third kappa shape index (κ3) is 4.90. The molecule has 2 fully saturated rings. The first-order valence-corrected chi connectivity index (χ1v) is 12.3. The topological polar surface area (TPSA) is 76.6 Å². The molecule has 0 spiro atoms. The van der Waals surface area contributed by atoms with Crippen LogP contribution >= 0.6 is 0 Å². The van der Waals surface area contributed by atoms with Crippen LogP contribution in [-0.2, 0) is 4.79 Å². The van der Waals surface area contributed by atoms with Crippen molar-refractivity contribution in [2.75, 3.05) is 37.4 Å². The van der Waals surface area contributed by atoms with Crippen LogP contribution in [0.25, 0.3) is 11.8 Å². The van der Waals surface area contributed by atoms with Gasteiger partial charge in [-0.3, -0.25) is 4.79 Å². The molecule has 0 aliphatic carbocycles. The van der Waals surface area contributed by atoms with Crippen molar-refractivity contribution < 1.29 is 9.53 Å². The van der Waals surface area contributed by atoms with Crippen molar-refractivity contribution in [3.8, 4) is 11.4 Å². The van der Waals surface area contributed by atoms with E-state index in [9.17, 15) is 4.79 Å². The Morgan fingerprint density at radius 1 is 1.09 bits per heavy atom. The first kappa shape index (κ1) is 23.0. The Kier molecular flexibility index (Phi) is 6.49. The number of hydrogen-bond donors (Lipinski definition) is 1. The van der Waals surface area contributed by atoms with Crippen LogP contribution in [-0.4, -0.2) is 53.1 Å². The van der Waals surface area contributed by atoms with E-state index in [0.717, 1.165) is 79.3 Å². The largest absolute Gasteiger partial charge is 0.495 e. The van der Waals surface area contributed by atoms with Crippen LogP contribution in [0, 0.1) is 6.92 Å². The van der Waals surface area contributed by atoms with Crippen molar-refractivity contribution in [1.82, 2.24) is 14.5 Å². The molecule has 1 amide bonds. The summed E-state index contributed by atoms with van der Waals surface area (Å²) in [6.07, 6.45) is 9.56. The fourth-order valence-corrected chi connectivity index (χ4v) is 5.19. The Bertz CT molecular complexity index is 1220. The van der Waals surface area contributed by atoms with Gasteiger partial charge in [0.2, 0.25) is 5.91 Å². The smallest absolute Gasteiger partial charge is 0.250 e. The number of rotatable bonds is 5. The number of nitrogen functional groups attached to an aromatic ring is 1. The van der Waals surface area contributed by atoms with E-state index in [0.29, 0.717) is 0 Å². The second kappa shape index (κ2) is 9.86. The van der Waals surface area contributed by atoms with Gasteiger partial charge in [-0.2, -0.15) is 0 Å². The number of amides is 1. The average molecular weight is 472 g/mol. The number of aromatic nitrogens is 2. The molecule has 0 saturated carbocycles. The van der Waals surface area contributed by atoms with Gasteiger partial charge in [0.25, 0.3) is 0 Å². The van der Waals surface area contributed by atoms with E-state index >= 15 is 0 Å². The second-order valence-electron chi connectivity index (χ2n) is 9.44. The molecule has 0 atom stereocenters. The highest BCUT2D eigenvalue weighted by Crippen LogP contribution is 2.30. The molecular weight excluding hydrogens is 438 g/mol. The molecule has 0 bridgehead atoms. The minimum Gasteiger partial charge on any atom is -0.495 e. The summed E-state index contributed by atoms with van der Waals surface area (Å²) in [6.45, 7) is 4.70. The number of anilines is 2. The Hall–Kier alpha value is -3.74. The first-order chi connectivity index (χ1) is 17.0. The SMILES string of the molecule is COc1cc(/C=C2\CCCN(C3CCN(c4ccc(N)cc4)CC3)C2=O)ccc1-n1cnc(C)c1. The normalized spacial score (nSPS) is 18.3. The summed E-state index contributed by atoms with van der Waals surface area (Å²) in [4.78, 5) is 22.3. The number of methoxy groups -OCH3 is 1. The molecule has 35 heavy (non-hydrogen) atoms. The van der Waals surface area contributed by atoms with Gasteiger partial charge in [0.1, 0.15) is 5.75 Å². The van der Waals surface area contributed by atoms with E-state index in [1.165, 1.54) is 5.69 Å². The zero-order chi connectivity index (χ0) is 24.4. The van der Waals surface area contributed by atoms with Gasteiger partial charge in [-0.05, 0) is 80.6 Å². The van der Waals surface area contributed by atoms with Crippen molar-refractivity contribution in [2.45, 2.75) is 38.6 Å². The van der Waals surface area contributed by atoms with E-state index in [1.807, 2.05) is 54.1 Å². The molecule has 2 saturated heterocycles. The summed E-state index contributed by atoms with van der Waals surface area (Å²) in [7, 11) is 1.67. The van der Waals surface area contributed by atoms with Crippen molar-refractivity contribution in [2.24, 2.45) is 0 Å². The molecule has 2 aromatic carbocycles. The number of likely N-dealkylation sites (tertiary alicyclic amines) is 1. The number of imidazole rings is 1. The molecule has 2 aliphatic heterocycles. The number of benzene rings is 2. The lowest BCUT2D eigenvalue weighted by Crippen LogP contribution is -2.49. The summed E-state index contributed by atoms with van der Waals surface area (Å²) in [5.41, 5.74) is 11.6. The number of hydrogen-bond acceptors (Lipinski definition) is 5. The van der Waals surface area contributed by atoms with Crippen molar-refractivity contribution >= 4 is 23.4 Å². The minimum atomic E-state index is 0.176. The molecule has 1 aromatic heterocycles. The van der Waals surface area contributed by atoms with E-state index in [1.54, 1.807) is 13.4 Å². The minimum absolute atomic E-state index is 0.176. The predicted molar refractivity (Wildman–Crippen MR) is 140 cm³/mol. The van der Waals surface area contributed by atoms with E-state index in [4.69, 9.17) is 10.5 Å². The summed E-state index contributed by atoms with van der Waals surface area (Å²) in [6, 6.07) is 14.4. The van der Waals surface area contributed by atoms with Gasteiger partial charge < -0.3 is 24.8 Å². The zero-order valence-corrected chi connectivity index (χ0v) is 20.5. The van der Waals surface area contributed by atoms with Crippen LogP contribution in [0.3, 0.4) is 0 Å². The predicted octanol–water partition coefficient (Wildman–Crippen LogP) is 4.45. The molecule has 0 unspecified atom stereocenters. The molecule has 2 aliphatic rings. The van der Waals surface area contributed by atoms with Crippen LogP contribution in [0.4, 0.5) is 11.4 Å². The Morgan fingerprint density at radius 3 is 2.54 bits per heavy atom. The highest BCUT2D eigenvalue weighted by Gasteiger charge is 2.31. The van der Waals surface area contributed by atoms with Crippen LogP contribution in [0.15, 0.2) is 60.6 Å². The van der Waals surface area contributed by atoms with E-state index in [-0.39, 0.29) is 11.9 Å². The molecule has 3 heterocycles. The lowest BCUT2D eigenvalue weighted by molar-refractivity contribution is -0.131. The summed E-state index contributed by atoms with van der Waals surface area (Å²) >= 11 is 0. The van der Waals surface area contributed by atoms with Crippen LogP contribution < -0.4 is 15.4 Å². The molecule has 3 aromatic rings. The maximum absolute atomic E-state index is 13.5. The zero-order valence-electron chi connectivity index (χ0n) is 20.5. The van der Waals surface area contributed by atoms with Gasteiger partial charge in [-0.1, -0.05) is 6.07 Å². The summed E-state index contributed by atoms with van der Waals surface area (Å²) < 4.78 is 7.60. The van der Waals surface area contributed by atoms with Crippen LogP contribution in [0.5, 0.6) is 5.75 Å². The maximum atomic E-state index is 13.5. The number of ether oxygens (including phenoxy) is 1. The number of nitrogens with zero attached hydrogens (tertiary/aromatic N) is 4. The Labute approximate surface area is 206 Å². The van der Waals surface area contributed by atoms with E-state index < -0.39 is 0 Å². The molecule has 2 N–H and O–H groups in total. The maximum Gasteiger partial charge on any atom is 0.250 e. The third-order valence-electron chi connectivity index (χ3n) is 7.08. The number of carbonyl (C=O) groups excluding carboxylic acids is 1. The van der Waals surface area contributed by atoms with Crippen molar-refractivity contribution in [1.29, 1.82) is 0 Å². The Balaban J connectivity index is 1.28. The van der Waals surface area contributed by atoms with Gasteiger partial charge in [-0.25, -0.2) is 4.98 Å². The van der Waals surface area contributed by atoms with Crippen LogP contribution in [0.2, 0.25) is 0 Å². The first-order valence-electron chi connectivity index (χ1n) is 12.3. The monoisotopic (exact) mass is 471 g/mol. The molecule has 0 radical (unpaired) electrons. The highest BCUT2D eigenvalue weighted by atomic mass is 16.5. The molecule has 5 rings (SSSR count). The van der Waals surface area contributed by atoms with Crippen molar-refractivity contribution in [3.63, 3.8) is 0 Å². The van der Waals surface area contributed by atoms with Gasteiger partial charge in [0.05, 0.1) is 24.8 Å². The summed E-state index contributed by atoms with van der Waals surface area (Å²) in [5.74, 6) is 0.933.